The average molecular weight is 406 g/mol. The van der Waals surface area contributed by atoms with E-state index in [1.165, 1.54) is 0 Å². The first kappa shape index (κ1) is 21.2. The van der Waals surface area contributed by atoms with Crippen LogP contribution in [0.1, 0.15) is 60.9 Å². The molecule has 2 amide bonds. The fraction of sp³-hybridized carbons (Fsp3) is 0.304. The van der Waals surface area contributed by atoms with E-state index in [1.54, 1.807) is 24.3 Å². The molecule has 1 heterocycles. The quantitative estimate of drug-likeness (QED) is 0.625. The van der Waals surface area contributed by atoms with Crippen molar-refractivity contribution in [3.05, 3.63) is 83.5 Å². The minimum absolute atomic E-state index is 0.0898. The summed E-state index contributed by atoms with van der Waals surface area (Å²) in [5.41, 5.74) is 1.14. The van der Waals surface area contributed by atoms with Crippen molar-refractivity contribution in [2.24, 2.45) is 0 Å². The lowest BCUT2D eigenvalue weighted by Gasteiger charge is -2.19. The molecule has 0 radical (unpaired) electrons. The van der Waals surface area contributed by atoms with E-state index in [1.807, 2.05) is 57.2 Å². The van der Waals surface area contributed by atoms with Crippen LogP contribution in [0.15, 0.2) is 65.2 Å². The molecular formula is C23H26N4O3. The van der Waals surface area contributed by atoms with Crippen molar-refractivity contribution in [2.75, 3.05) is 0 Å². The number of benzene rings is 2. The van der Waals surface area contributed by atoms with Gasteiger partial charge in [0.15, 0.2) is 5.82 Å². The maximum absolute atomic E-state index is 12.6. The Balaban J connectivity index is 1.64. The van der Waals surface area contributed by atoms with Gasteiger partial charge in [-0.2, -0.15) is 4.98 Å². The van der Waals surface area contributed by atoms with Gasteiger partial charge in [0.05, 0.1) is 19.0 Å². The molecule has 0 aliphatic carbocycles. The molecule has 30 heavy (non-hydrogen) atoms. The zero-order valence-corrected chi connectivity index (χ0v) is 17.4. The third kappa shape index (κ3) is 5.76. The highest BCUT2D eigenvalue weighted by Crippen LogP contribution is 2.20. The van der Waals surface area contributed by atoms with Crippen LogP contribution in [0.5, 0.6) is 0 Å². The van der Waals surface area contributed by atoms with Gasteiger partial charge in [-0.25, -0.2) is 0 Å². The first-order valence-electron chi connectivity index (χ1n) is 9.83. The molecule has 0 aliphatic heterocycles. The van der Waals surface area contributed by atoms with Crippen LogP contribution in [0.3, 0.4) is 0 Å². The fourth-order valence-corrected chi connectivity index (χ4v) is 2.83. The van der Waals surface area contributed by atoms with Crippen molar-refractivity contribution < 1.29 is 14.1 Å². The third-order valence-corrected chi connectivity index (χ3v) is 4.49. The SMILES string of the molecule is CC(C)(C)c1nc(CNC(=O)CC(NC(=O)c2ccccc2)c2ccccc2)no1. The number of nitrogens with zero attached hydrogens (tertiary/aromatic N) is 2. The van der Waals surface area contributed by atoms with Crippen LogP contribution >= 0.6 is 0 Å². The highest BCUT2D eigenvalue weighted by atomic mass is 16.5. The Morgan fingerprint density at radius 2 is 1.63 bits per heavy atom. The van der Waals surface area contributed by atoms with E-state index in [0.29, 0.717) is 17.3 Å². The van der Waals surface area contributed by atoms with Crippen LogP contribution in [0, 0.1) is 0 Å². The summed E-state index contributed by atoms with van der Waals surface area (Å²) in [6.45, 7) is 6.08. The predicted molar refractivity (Wildman–Crippen MR) is 113 cm³/mol. The van der Waals surface area contributed by atoms with Crippen LogP contribution in [0.2, 0.25) is 0 Å². The van der Waals surface area contributed by atoms with E-state index in [-0.39, 0.29) is 30.2 Å². The summed E-state index contributed by atoms with van der Waals surface area (Å²) in [5, 5.41) is 9.66. The lowest BCUT2D eigenvalue weighted by molar-refractivity contribution is -0.121. The highest BCUT2D eigenvalue weighted by molar-refractivity contribution is 5.94. The number of hydrogen-bond donors (Lipinski definition) is 2. The number of rotatable bonds is 7. The summed E-state index contributed by atoms with van der Waals surface area (Å²) in [5.74, 6) is 0.478. The molecule has 7 heteroatoms. The average Bonchev–Trinajstić information content (AvgIpc) is 3.23. The summed E-state index contributed by atoms with van der Waals surface area (Å²) in [6, 6.07) is 17.9. The van der Waals surface area contributed by atoms with Gasteiger partial charge in [0.25, 0.3) is 5.91 Å². The molecule has 0 fully saturated rings. The largest absolute Gasteiger partial charge is 0.349 e. The van der Waals surface area contributed by atoms with Crippen molar-refractivity contribution in [3.8, 4) is 0 Å². The molecule has 0 spiro atoms. The van der Waals surface area contributed by atoms with Gasteiger partial charge in [0.1, 0.15) is 0 Å². The molecule has 0 bridgehead atoms. The monoisotopic (exact) mass is 406 g/mol. The van der Waals surface area contributed by atoms with E-state index < -0.39 is 6.04 Å². The summed E-state index contributed by atoms with van der Waals surface area (Å²) < 4.78 is 5.24. The molecule has 2 aromatic carbocycles. The lowest BCUT2D eigenvalue weighted by Crippen LogP contribution is -2.33. The topological polar surface area (TPSA) is 97.1 Å². The van der Waals surface area contributed by atoms with Crippen molar-refractivity contribution in [1.29, 1.82) is 0 Å². The van der Waals surface area contributed by atoms with Gasteiger partial charge >= 0.3 is 0 Å². The first-order valence-corrected chi connectivity index (χ1v) is 9.83. The smallest absolute Gasteiger partial charge is 0.251 e. The molecule has 1 atom stereocenters. The van der Waals surface area contributed by atoms with Crippen molar-refractivity contribution in [1.82, 2.24) is 20.8 Å². The van der Waals surface area contributed by atoms with Gasteiger partial charge < -0.3 is 15.2 Å². The molecule has 1 unspecified atom stereocenters. The molecular weight excluding hydrogens is 380 g/mol. The van der Waals surface area contributed by atoms with Crippen LogP contribution in [-0.4, -0.2) is 22.0 Å². The van der Waals surface area contributed by atoms with Gasteiger partial charge in [-0.3, -0.25) is 9.59 Å². The molecule has 1 aromatic heterocycles. The van der Waals surface area contributed by atoms with Crippen LogP contribution < -0.4 is 10.6 Å². The van der Waals surface area contributed by atoms with Crippen LogP contribution in [-0.2, 0) is 16.8 Å². The third-order valence-electron chi connectivity index (χ3n) is 4.49. The number of hydrogen-bond acceptors (Lipinski definition) is 5. The Hall–Kier alpha value is -3.48. The number of carbonyl (C=O) groups is 2. The zero-order chi connectivity index (χ0) is 21.6. The molecule has 0 saturated heterocycles. The maximum Gasteiger partial charge on any atom is 0.251 e. The van der Waals surface area contributed by atoms with E-state index in [0.717, 1.165) is 5.56 Å². The van der Waals surface area contributed by atoms with E-state index in [9.17, 15) is 9.59 Å². The second-order valence-electron chi connectivity index (χ2n) is 8.05. The Bertz CT molecular complexity index is 978. The molecule has 7 nitrogen and oxygen atoms in total. The second-order valence-corrected chi connectivity index (χ2v) is 8.05. The number of amides is 2. The van der Waals surface area contributed by atoms with Crippen LogP contribution in [0.4, 0.5) is 0 Å². The van der Waals surface area contributed by atoms with Gasteiger partial charge in [-0.15, -0.1) is 0 Å². The van der Waals surface area contributed by atoms with Crippen molar-refractivity contribution >= 4 is 11.8 Å². The van der Waals surface area contributed by atoms with Crippen molar-refractivity contribution in [3.63, 3.8) is 0 Å². The zero-order valence-electron chi connectivity index (χ0n) is 17.4. The maximum atomic E-state index is 12.6. The van der Waals surface area contributed by atoms with Crippen LogP contribution in [0.25, 0.3) is 0 Å². The highest BCUT2D eigenvalue weighted by Gasteiger charge is 2.23. The van der Waals surface area contributed by atoms with E-state index >= 15 is 0 Å². The molecule has 0 saturated carbocycles. The minimum Gasteiger partial charge on any atom is -0.349 e. The summed E-state index contributed by atoms with van der Waals surface area (Å²) in [6.07, 6.45) is 0.0898. The predicted octanol–water partition coefficient (Wildman–Crippen LogP) is 3.54. The Morgan fingerprint density at radius 1 is 1.00 bits per heavy atom. The van der Waals surface area contributed by atoms with Gasteiger partial charge in [0, 0.05) is 11.0 Å². The minimum atomic E-state index is -0.464. The second kappa shape index (κ2) is 9.35. The number of nitrogens with one attached hydrogen (secondary N) is 2. The van der Waals surface area contributed by atoms with E-state index in [2.05, 4.69) is 20.8 Å². The summed E-state index contributed by atoms with van der Waals surface area (Å²) in [4.78, 5) is 29.5. The van der Waals surface area contributed by atoms with Crippen molar-refractivity contribution in [2.45, 2.75) is 45.2 Å². The Morgan fingerprint density at radius 3 is 2.23 bits per heavy atom. The molecule has 3 aromatic rings. The summed E-state index contributed by atoms with van der Waals surface area (Å²) >= 11 is 0. The molecule has 0 aliphatic rings. The number of aromatic nitrogens is 2. The van der Waals surface area contributed by atoms with Gasteiger partial charge in [-0.05, 0) is 17.7 Å². The standard InChI is InChI=1S/C23H26N4O3/c1-23(2,3)22-26-19(27-30-22)15-24-20(28)14-18(16-10-6-4-7-11-16)25-21(29)17-12-8-5-9-13-17/h4-13,18H,14-15H2,1-3H3,(H,24,28)(H,25,29). The Labute approximate surface area is 175 Å². The molecule has 3 rings (SSSR count). The molecule has 156 valence electrons. The molecule has 2 N–H and O–H groups in total. The fourth-order valence-electron chi connectivity index (χ4n) is 2.83. The van der Waals surface area contributed by atoms with Gasteiger partial charge in [0.2, 0.25) is 11.8 Å². The normalized spacial score (nSPS) is 12.2. The first-order chi connectivity index (χ1) is 14.3. The van der Waals surface area contributed by atoms with Gasteiger partial charge in [-0.1, -0.05) is 74.5 Å². The number of carbonyl (C=O) groups excluding carboxylic acids is 2. The van der Waals surface area contributed by atoms with E-state index in [4.69, 9.17) is 4.52 Å². The lowest BCUT2D eigenvalue weighted by atomic mass is 9.97. The summed E-state index contributed by atoms with van der Waals surface area (Å²) in [7, 11) is 0. The Kier molecular flexibility index (Phi) is 6.61.